The van der Waals surface area contributed by atoms with Crippen molar-refractivity contribution in [2.24, 2.45) is 7.05 Å². The molecule has 5 nitrogen and oxygen atoms in total. The highest BCUT2D eigenvalue weighted by Crippen LogP contribution is 2.29. The maximum atomic E-state index is 13.8. The Balaban J connectivity index is 1.84. The predicted molar refractivity (Wildman–Crippen MR) is 90.8 cm³/mol. The number of carbonyl (C=O) groups is 2. The molecular weight excluding hydrogens is 348 g/mol. The quantitative estimate of drug-likeness (QED) is 0.717. The molecule has 0 spiro atoms. The fraction of sp³-hybridized carbons (Fsp3) is 0.118. The van der Waals surface area contributed by atoms with Crippen molar-refractivity contribution in [3.05, 3.63) is 58.7 Å². The second-order valence-electron chi connectivity index (χ2n) is 5.37. The van der Waals surface area contributed by atoms with Crippen LogP contribution in [0.1, 0.15) is 27.8 Å². The van der Waals surface area contributed by atoms with Crippen LogP contribution < -0.4 is 5.32 Å². The Hall–Kier alpha value is -2.87. The lowest BCUT2D eigenvalue weighted by molar-refractivity contribution is 0.101. The first-order valence-electron chi connectivity index (χ1n) is 7.25. The molecule has 3 rings (SSSR count). The molecule has 0 bridgehead atoms. The molecule has 25 heavy (non-hydrogen) atoms. The van der Waals surface area contributed by atoms with E-state index in [1.165, 1.54) is 29.0 Å². The van der Waals surface area contributed by atoms with Gasteiger partial charge in [-0.15, -0.1) is 11.3 Å². The number of hydrogen-bond donors (Lipinski definition) is 1. The van der Waals surface area contributed by atoms with Gasteiger partial charge in [-0.05, 0) is 25.1 Å². The van der Waals surface area contributed by atoms with Crippen molar-refractivity contribution < 1.29 is 18.4 Å². The van der Waals surface area contributed by atoms with Crippen LogP contribution in [0.4, 0.5) is 13.9 Å². The van der Waals surface area contributed by atoms with Gasteiger partial charge in [-0.25, -0.2) is 13.8 Å². The van der Waals surface area contributed by atoms with Gasteiger partial charge in [0.2, 0.25) is 0 Å². The number of halogens is 2. The molecule has 0 saturated carbocycles. The number of nitrogens with one attached hydrogen (secondary N) is 1. The lowest BCUT2D eigenvalue weighted by Crippen LogP contribution is -2.15. The molecule has 1 N–H and O–H groups in total. The van der Waals surface area contributed by atoms with Gasteiger partial charge in [-0.1, -0.05) is 6.07 Å². The Morgan fingerprint density at radius 1 is 1.24 bits per heavy atom. The summed E-state index contributed by atoms with van der Waals surface area (Å²) in [5.74, 6) is -2.07. The zero-order valence-corrected chi connectivity index (χ0v) is 14.2. The van der Waals surface area contributed by atoms with Crippen LogP contribution >= 0.6 is 11.3 Å². The van der Waals surface area contributed by atoms with E-state index < -0.39 is 17.5 Å². The molecule has 0 aliphatic carbocycles. The third-order valence-corrected chi connectivity index (χ3v) is 4.35. The van der Waals surface area contributed by atoms with Gasteiger partial charge in [0.15, 0.2) is 10.9 Å². The minimum Gasteiger partial charge on any atom is -0.346 e. The molecule has 0 unspecified atom stereocenters. The highest BCUT2D eigenvalue weighted by molar-refractivity contribution is 7.14. The smallest absolute Gasteiger partial charge is 0.274 e. The maximum Gasteiger partial charge on any atom is 0.274 e. The Bertz CT molecular complexity index is 958. The van der Waals surface area contributed by atoms with Crippen LogP contribution in [0.15, 0.2) is 35.8 Å². The highest BCUT2D eigenvalue weighted by Gasteiger charge is 2.18. The lowest BCUT2D eigenvalue weighted by atomic mass is 10.1. The van der Waals surface area contributed by atoms with Crippen molar-refractivity contribution in [3.8, 4) is 11.3 Å². The summed E-state index contributed by atoms with van der Waals surface area (Å²) in [7, 11) is 1.64. The van der Waals surface area contributed by atoms with Crippen molar-refractivity contribution in [2.45, 2.75) is 6.92 Å². The number of anilines is 1. The van der Waals surface area contributed by atoms with Crippen molar-refractivity contribution in [3.63, 3.8) is 0 Å². The summed E-state index contributed by atoms with van der Waals surface area (Å²) in [6.07, 6.45) is 1.55. The van der Waals surface area contributed by atoms with Gasteiger partial charge in [-0.3, -0.25) is 14.9 Å². The largest absolute Gasteiger partial charge is 0.346 e. The van der Waals surface area contributed by atoms with Crippen LogP contribution in [-0.4, -0.2) is 21.2 Å². The van der Waals surface area contributed by atoms with Crippen LogP contribution in [0.25, 0.3) is 11.3 Å². The molecule has 1 amide bonds. The maximum absolute atomic E-state index is 13.8. The van der Waals surface area contributed by atoms with Gasteiger partial charge in [-0.2, -0.15) is 0 Å². The summed E-state index contributed by atoms with van der Waals surface area (Å²) < 4.78 is 29.1. The number of amides is 1. The minimum absolute atomic E-state index is 0.104. The number of hydrogen-bond acceptors (Lipinski definition) is 4. The average Bonchev–Trinajstić information content (AvgIpc) is 3.14. The van der Waals surface area contributed by atoms with Crippen LogP contribution in [-0.2, 0) is 7.05 Å². The first kappa shape index (κ1) is 17.0. The molecule has 0 aliphatic rings. The average molecular weight is 361 g/mol. The van der Waals surface area contributed by atoms with E-state index in [0.29, 0.717) is 5.56 Å². The number of aryl methyl sites for hydroxylation is 1. The molecule has 0 aliphatic heterocycles. The van der Waals surface area contributed by atoms with Crippen molar-refractivity contribution in [1.29, 1.82) is 0 Å². The van der Waals surface area contributed by atoms with Gasteiger partial charge < -0.3 is 4.57 Å². The highest BCUT2D eigenvalue weighted by atomic mass is 32.1. The second kappa shape index (κ2) is 6.56. The fourth-order valence-corrected chi connectivity index (χ4v) is 3.03. The Kier molecular flexibility index (Phi) is 4.45. The van der Waals surface area contributed by atoms with Crippen molar-refractivity contribution in [1.82, 2.24) is 9.55 Å². The third kappa shape index (κ3) is 3.34. The number of Topliss-reactive ketones (excluding diaryl/α,β-unsaturated/α-hetero) is 1. The molecule has 0 radical (unpaired) electrons. The standard InChI is InChI=1S/C17H13F2N3O2S/c1-9(23)10-6-14(22(2)7-10)16(24)21-17-20-13(8-25-17)15-11(18)4-3-5-12(15)19/h3-8H,1-2H3,(H,20,21,24). The van der Waals surface area contributed by atoms with E-state index in [1.807, 2.05) is 0 Å². The van der Waals surface area contributed by atoms with Crippen LogP contribution in [0.3, 0.4) is 0 Å². The van der Waals surface area contributed by atoms with Gasteiger partial charge in [0.25, 0.3) is 5.91 Å². The molecule has 2 aromatic heterocycles. The van der Waals surface area contributed by atoms with E-state index in [1.54, 1.807) is 13.2 Å². The molecule has 1 aromatic carbocycles. The zero-order chi connectivity index (χ0) is 18.1. The van der Waals surface area contributed by atoms with Crippen LogP contribution in [0.5, 0.6) is 0 Å². The number of aromatic nitrogens is 2. The number of carbonyl (C=O) groups excluding carboxylic acids is 2. The zero-order valence-electron chi connectivity index (χ0n) is 13.3. The number of ketones is 1. The predicted octanol–water partition coefficient (Wildman–Crippen LogP) is 3.88. The Morgan fingerprint density at radius 2 is 1.92 bits per heavy atom. The molecule has 8 heteroatoms. The van der Waals surface area contributed by atoms with Gasteiger partial charge in [0.05, 0.1) is 11.3 Å². The molecule has 0 atom stereocenters. The Morgan fingerprint density at radius 3 is 2.52 bits per heavy atom. The molecule has 2 heterocycles. The number of benzene rings is 1. The third-order valence-electron chi connectivity index (χ3n) is 3.59. The van der Waals surface area contributed by atoms with Gasteiger partial charge in [0, 0.05) is 24.2 Å². The van der Waals surface area contributed by atoms with E-state index in [9.17, 15) is 18.4 Å². The molecule has 128 valence electrons. The number of thiazole rings is 1. The molecule has 0 fully saturated rings. The SMILES string of the molecule is CC(=O)c1cc(C(=O)Nc2nc(-c3c(F)cccc3F)cs2)n(C)c1. The van der Waals surface area contributed by atoms with Crippen molar-refractivity contribution >= 4 is 28.2 Å². The molecule has 0 saturated heterocycles. The normalized spacial score (nSPS) is 10.7. The van der Waals surface area contributed by atoms with Gasteiger partial charge >= 0.3 is 0 Å². The molecule has 3 aromatic rings. The topological polar surface area (TPSA) is 64.0 Å². The van der Waals surface area contributed by atoms with E-state index in [2.05, 4.69) is 10.3 Å². The summed E-state index contributed by atoms with van der Waals surface area (Å²) in [4.78, 5) is 27.8. The van der Waals surface area contributed by atoms with Crippen LogP contribution in [0, 0.1) is 11.6 Å². The van der Waals surface area contributed by atoms with Gasteiger partial charge in [0.1, 0.15) is 17.3 Å². The summed E-state index contributed by atoms with van der Waals surface area (Å²) in [5, 5.41) is 4.24. The number of nitrogens with zero attached hydrogens (tertiary/aromatic N) is 2. The first-order valence-corrected chi connectivity index (χ1v) is 8.13. The van der Waals surface area contributed by atoms with E-state index in [4.69, 9.17) is 0 Å². The summed E-state index contributed by atoms with van der Waals surface area (Å²) >= 11 is 1.05. The lowest BCUT2D eigenvalue weighted by Gasteiger charge is -2.03. The minimum atomic E-state index is -0.725. The van der Waals surface area contributed by atoms with Crippen LogP contribution in [0.2, 0.25) is 0 Å². The fourth-order valence-electron chi connectivity index (χ4n) is 2.33. The second-order valence-corrected chi connectivity index (χ2v) is 6.23. The van der Waals surface area contributed by atoms with Crippen molar-refractivity contribution in [2.75, 3.05) is 5.32 Å². The summed E-state index contributed by atoms with van der Waals surface area (Å²) in [6.45, 7) is 1.41. The van der Waals surface area contributed by atoms with E-state index >= 15 is 0 Å². The molecular formula is C17H13F2N3O2S. The van der Waals surface area contributed by atoms with E-state index in [0.717, 1.165) is 23.5 Å². The number of rotatable bonds is 4. The summed E-state index contributed by atoms with van der Waals surface area (Å²) in [6, 6.07) is 5.03. The monoisotopic (exact) mass is 361 g/mol. The first-order chi connectivity index (χ1) is 11.9. The Labute approximate surface area is 145 Å². The van der Waals surface area contributed by atoms with E-state index in [-0.39, 0.29) is 27.9 Å². The summed E-state index contributed by atoms with van der Waals surface area (Å²) in [5.41, 5.74) is 0.559.